The highest BCUT2D eigenvalue weighted by Crippen LogP contribution is 2.25. The summed E-state index contributed by atoms with van der Waals surface area (Å²) in [5.41, 5.74) is 1.54. The number of fused-ring (bicyclic) bond motifs is 1. The van der Waals surface area contributed by atoms with E-state index < -0.39 is 11.4 Å². The zero-order valence-corrected chi connectivity index (χ0v) is 16.8. The molecule has 0 aliphatic rings. The topological polar surface area (TPSA) is 66.0 Å². The zero-order chi connectivity index (χ0) is 21.4. The van der Waals surface area contributed by atoms with Crippen LogP contribution >= 0.6 is 0 Å². The van der Waals surface area contributed by atoms with Crippen molar-refractivity contribution < 1.29 is 9.50 Å². The van der Waals surface area contributed by atoms with Crippen LogP contribution in [0.2, 0.25) is 0 Å². The number of nitrogens with one attached hydrogen (secondary N) is 1. The molecule has 2 N–H and O–H groups in total. The molecule has 0 aliphatic carbocycles. The Morgan fingerprint density at radius 2 is 1.93 bits per heavy atom. The Bertz CT molecular complexity index is 1110. The normalized spacial score (nSPS) is 11.2. The van der Waals surface area contributed by atoms with Gasteiger partial charge in [-0.3, -0.25) is 4.79 Å². The van der Waals surface area contributed by atoms with Gasteiger partial charge < -0.3 is 10.1 Å². The minimum atomic E-state index is -0.491. The lowest BCUT2D eigenvalue weighted by molar-refractivity contribution is 0.477. The first-order chi connectivity index (χ1) is 13.8. The Hall–Kier alpha value is -3.47. The molecule has 0 spiro atoms. The van der Waals surface area contributed by atoms with Gasteiger partial charge >= 0.3 is 0 Å². The summed E-state index contributed by atoms with van der Waals surface area (Å²) in [5, 5.41) is 9.93. The van der Waals surface area contributed by atoms with Crippen molar-refractivity contribution in [2.75, 3.05) is 0 Å². The third-order valence-electron chi connectivity index (χ3n) is 4.18. The summed E-state index contributed by atoms with van der Waals surface area (Å²) in [5.74, 6) is 0.339. The maximum atomic E-state index is 13.1. The Balaban J connectivity index is 0.000000257. The molecule has 0 fully saturated rings. The van der Waals surface area contributed by atoms with Crippen LogP contribution in [0.3, 0.4) is 0 Å². The van der Waals surface area contributed by atoms with Crippen molar-refractivity contribution >= 4 is 10.9 Å². The predicted octanol–water partition coefficient (Wildman–Crippen LogP) is 5.77. The van der Waals surface area contributed by atoms with Gasteiger partial charge in [-0.1, -0.05) is 62.4 Å². The van der Waals surface area contributed by atoms with Crippen molar-refractivity contribution in [1.29, 1.82) is 0 Å². The summed E-state index contributed by atoms with van der Waals surface area (Å²) >= 11 is 0. The molecule has 0 atom stereocenters. The molecular formula is C24H25FN2O2. The van der Waals surface area contributed by atoms with Crippen molar-refractivity contribution in [3.05, 3.63) is 95.1 Å². The first kappa shape index (κ1) is 21.8. The summed E-state index contributed by atoms with van der Waals surface area (Å²) in [4.78, 5) is 18.7. The number of aromatic hydroxyl groups is 1. The number of H-pyrrole nitrogens is 1. The second-order valence-corrected chi connectivity index (χ2v) is 6.71. The second-order valence-electron chi connectivity index (χ2n) is 6.71. The van der Waals surface area contributed by atoms with E-state index in [0.717, 1.165) is 6.07 Å². The van der Waals surface area contributed by atoms with E-state index in [1.54, 1.807) is 18.2 Å². The molecule has 0 unspecified atom stereocenters. The largest absolute Gasteiger partial charge is 0.507 e. The van der Waals surface area contributed by atoms with E-state index in [1.165, 1.54) is 23.8 Å². The van der Waals surface area contributed by atoms with Crippen LogP contribution in [0, 0.1) is 11.7 Å². The number of halogens is 1. The summed E-state index contributed by atoms with van der Waals surface area (Å²) < 4.78 is 13.1. The van der Waals surface area contributed by atoms with Gasteiger partial charge in [0.25, 0.3) is 5.56 Å². The van der Waals surface area contributed by atoms with E-state index in [9.17, 15) is 14.3 Å². The Morgan fingerprint density at radius 3 is 2.59 bits per heavy atom. The maximum absolute atomic E-state index is 13.1. The monoisotopic (exact) mass is 392 g/mol. The number of hydrogen-bond donors (Lipinski definition) is 2. The summed E-state index contributed by atoms with van der Waals surface area (Å²) in [6.07, 6.45) is 8.07. The van der Waals surface area contributed by atoms with Crippen LogP contribution < -0.4 is 5.56 Å². The quantitative estimate of drug-likeness (QED) is 0.554. The number of benzene rings is 2. The van der Waals surface area contributed by atoms with E-state index in [-0.39, 0.29) is 17.0 Å². The fraction of sp³-hybridized carbons (Fsp3) is 0.167. The van der Waals surface area contributed by atoms with Crippen LogP contribution in [-0.4, -0.2) is 15.1 Å². The summed E-state index contributed by atoms with van der Waals surface area (Å²) in [6, 6.07) is 10.4. The molecular weight excluding hydrogens is 367 g/mol. The number of rotatable bonds is 4. The first-order valence-corrected chi connectivity index (χ1v) is 9.29. The van der Waals surface area contributed by atoms with Gasteiger partial charge in [-0.05, 0) is 43.2 Å². The smallest absolute Gasteiger partial charge is 0.259 e. The number of aromatic amines is 1. The fourth-order valence-corrected chi connectivity index (χ4v) is 2.40. The molecule has 3 rings (SSSR count). The SMILES string of the molecule is C=C(/C=C\C=C/C)C(C)C.O=c1[nH]c(-c2ccccc2O)nc2ccc(F)cc12. The van der Waals surface area contributed by atoms with Gasteiger partial charge in [0.1, 0.15) is 17.4 Å². The van der Waals surface area contributed by atoms with Crippen molar-refractivity contribution in [3.8, 4) is 17.1 Å². The molecule has 0 aliphatic heterocycles. The van der Waals surface area contributed by atoms with E-state index in [1.807, 2.05) is 31.2 Å². The maximum Gasteiger partial charge on any atom is 0.259 e. The molecule has 2 aromatic carbocycles. The van der Waals surface area contributed by atoms with E-state index in [0.29, 0.717) is 17.0 Å². The third kappa shape index (κ3) is 6.01. The van der Waals surface area contributed by atoms with Crippen LogP contribution in [0.5, 0.6) is 5.75 Å². The van der Waals surface area contributed by atoms with Gasteiger partial charge in [0.05, 0.1) is 16.5 Å². The number of nitrogens with zero attached hydrogens (tertiary/aromatic N) is 1. The molecule has 1 heterocycles. The van der Waals surface area contributed by atoms with Crippen LogP contribution in [0.15, 0.2) is 83.7 Å². The summed E-state index contributed by atoms with van der Waals surface area (Å²) in [6.45, 7) is 10.2. The van der Waals surface area contributed by atoms with Gasteiger partial charge in [0.15, 0.2) is 0 Å². The molecule has 0 amide bonds. The lowest BCUT2D eigenvalue weighted by Crippen LogP contribution is -2.09. The number of aromatic nitrogens is 2. The van der Waals surface area contributed by atoms with E-state index in [4.69, 9.17) is 0 Å². The molecule has 29 heavy (non-hydrogen) atoms. The highest BCUT2D eigenvalue weighted by atomic mass is 19.1. The minimum absolute atomic E-state index is 0.0205. The van der Waals surface area contributed by atoms with Gasteiger partial charge in [0.2, 0.25) is 0 Å². The molecule has 150 valence electrons. The van der Waals surface area contributed by atoms with Crippen molar-refractivity contribution in [3.63, 3.8) is 0 Å². The number of allylic oxidation sites excluding steroid dienone is 5. The van der Waals surface area contributed by atoms with Crippen molar-refractivity contribution in [2.45, 2.75) is 20.8 Å². The fourth-order valence-electron chi connectivity index (χ4n) is 2.40. The molecule has 0 radical (unpaired) electrons. The molecule has 5 heteroatoms. The zero-order valence-electron chi connectivity index (χ0n) is 16.8. The average molecular weight is 392 g/mol. The second kappa shape index (κ2) is 10.2. The predicted molar refractivity (Wildman–Crippen MR) is 117 cm³/mol. The number of hydrogen-bond acceptors (Lipinski definition) is 3. The highest BCUT2D eigenvalue weighted by molar-refractivity contribution is 5.80. The van der Waals surface area contributed by atoms with Crippen LogP contribution in [0.1, 0.15) is 20.8 Å². The lowest BCUT2D eigenvalue weighted by atomic mass is 10.1. The summed E-state index contributed by atoms with van der Waals surface area (Å²) in [7, 11) is 0. The van der Waals surface area contributed by atoms with E-state index in [2.05, 4.69) is 30.4 Å². The Kier molecular flexibility index (Phi) is 7.66. The minimum Gasteiger partial charge on any atom is -0.507 e. The molecule has 1 aromatic heterocycles. The standard InChI is InChI=1S/C14H9FN2O2.C10H16/c15-8-5-6-11-10(7-8)14(19)17-13(16-11)9-3-1-2-4-12(9)18;1-5-6-7-8-10(4)9(2)3/h1-7,18H,(H,16,17,19);5-9H,4H2,1-3H3/b;6-5-,8-7-. The van der Waals surface area contributed by atoms with Crippen LogP contribution in [0.25, 0.3) is 22.3 Å². The van der Waals surface area contributed by atoms with Crippen LogP contribution in [-0.2, 0) is 0 Å². The van der Waals surface area contributed by atoms with Gasteiger partial charge in [-0.2, -0.15) is 0 Å². The van der Waals surface area contributed by atoms with E-state index >= 15 is 0 Å². The number of phenolic OH excluding ortho intramolecular Hbond substituents is 1. The van der Waals surface area contributed by atoms with Crippen molar-refractivity contribution in [2.24, 2.45) is 5.92 Å². The highest BCUT2D eigenvalue weighted by Gasteiger charge is 2.09. The van der Waals surface area contributed by atoms with Gasteiger partial charge in [0, 0.05) is 0 Å². The number of phenols is 1. The third-order valence-corrected chi connectivity index (χ3v) is 4.18. The molecule has 3 aromatic rings. The first-order valence-electron chi connectivity index (χ1n) is 9.29. The molecule has 0 saturated carbocycles. The lowest BCUT2D eigenvalue weighted by Gasteiger charge is -2.05. The average Bonchev–Trinajstić information content (AvgIpc) is 2.69. The van der Waals surface area contributed by atoms with Gasteiger partial charge in [-0.25, -0.2) is 9.37 Å². The van der Waals surface area contributed by atoms with Crippen LogP contribution in [0.4, 0.5) is 4.39 Å². The molecule has 0 bridgehead atoms. The molecule has 0 saturated heterocycles. The Labute approximate surface area is 169 Å². The Morgan fingerprint density at radius 1 is 1.21 bits per heavy atom. The number of para-hydroxylation sites is 1. The van der Waals surface area contributed by atoms with Crippen molar-refractivity contribution in [1.82, 2.24) is 9.97 Å². The van der Waals surface area contributed by atoms with Gasteiger partial charge in [-0.15, -0.1) is 0 Å². The molecule has 4 nitrogen and oxygen atoms in total.